The lowest BCUT2D eigenvalue weighted by molar-refractivity contribution is -0.0835. The molecule has 1 aliphatic heterocycles. The summed E-state index contributed by atoms with van der Waals surface area (Å²) < 4.78 is 8.02. The Kier molecular flexibility index (Phi) is 8.59. The van der Waals surface area contributed by atoms with Gasteiger partial charge >= 0.3 is 0 Å². The van der Waals surface area contributed by atoms with E-state index < -0.39 is 0 Å². The number of nitrogens with one attached hydrogen (secondary N) is 2. The van der Waals surface area contributed by atoms with Crippen LogP contribution in [0.15, 0.2) is 4.99 Å². The molecule has 0 aromatic carbocycles. The van der Waals surface area contributed by atoms with E-state index in [9.17, 15) is 0 Å². The first-order valence-electron chi connectivity index (χ1n) is 8.74. The number of nitrogens with zero attached hydrogens (tertiary/aromatic N) is 4. The molecule has 0 amide bonds. The van der Waals surface area contributed by atoms with E-state index in [0.717, 1.165) is 37.2 Å². The molecule has 25 heavy (non-hydrogen) atoms. The van der Waals surface area contributed by atoms with Crippen molar-refractivity contribution in [2.75, 3.05) is 20.2 Å². The monoisotopic (exact) mass is 464 g/mol. The highest BCUT2D eigenvalue weighted by atomic mass is 127. The summed E-state index contributed by atoms with van der Waals surface area (Å²) in [5.41, 5.74) is 0.153. The van der Waals surface area contributed by atoms with E-state index in [1.807, 2.05) is 18.5 Å². The smallest absolute Gasteiger partial charge is 0.191 e. The zero-order valence-corrected chi connectivity index (χ0v) is 18.6. The Bertz CT molecular complexity index is 566. The molecule has 0 saturated carbocycles. The van der Waals surface area contributed by atoms with Gasteiger partial charge in [0.05, 0.1) is 12.6 Å². The van der Waals surface area contributed by atoms with Gasteiger partial charge in [-0.15, -0.1) is 34.2 Å². The Morgan fingerprint density at radius 1 is 1.32 bits per heavy atom. The molecule has 1 aliphatic rings. The van der Waals surface area contributed by atoms with Gasteiger partial charge in [-0.05, 0) is 25.2 Å². The van der Waals surface area contributed by atoms with E-state index in [2.05, 4.69) is 46.6 Å². The third-order valence-corrected chi connectivity index (χ3v) is 4.65. The normalized spacial score (nSPS) is 21.6. The number of aryl methyl sites for hydroxylation is 1. The molecule has 2 unspecified atom stereocenters. The van der Waals surface area contributed by atoms with Crippen LogP contribution in [-0.4, -0.2) is 47.0 Å². The molecule has 0 aliphatic carbocycles. The van der Waals surface area contributed by atoms with Crippen molar-refractivity contribution in [3.63, 3.8) is 0 Å². The first-order valence-corrected chi connectivity index (χ1v) is 8.74. The summed E-state index contributed by atoms with van der Waals surface area (Å²) in [4.78, 5) is 4.31. The number of ether oxygens (including phenoxy) is 1. The Hall–Kier alpha value is -0.900. The van der Waals surface area contributed by atoms with Crippen molar-refractivity contribution in [3.05, 3.63) is 11.6 Å². The van der Waals surface area contributed by atoms with Crippen molar-refractivity contribution in [2.45, 2.75) is 53.2 Å². The van der Waals surface area contributed by atoms with Gasteiger partial charge in [-0.1, -0.05) is 20.8 Å². The van der Waals surface area contributed by atoms with Crippen molar-refractivity contribution in [1.29, 1.82) is 0 Å². The highest BCUT2D eigenvalue weighted by Crippen LogP contribution is 2.33. The SMILES string of the molecule is CN=C(NCc1nnc(C)n1C)NCC1CCCOC1C(C)(C)C.I. The second-order valence-corrected chi connectivity index (χ2v) is 7.59. The van der Waals surface area contributed by atoms with Crippen LogP contribution in [-0.2, 0) is 18.3 Å². The van der Waals surface area contributed by atoms with Crippen LogP contribution in [0.5, 0.6) is 0 Å². The van der Waals surface area contributed by atoms with Gasteiger partial charge in [0.1, 0.15) is 5.82 Å². The molecular weight excluding hydrogens is 431 g/mol. The zero-order valence-electron chi connectivity index (χ0n) is 16.3. The van der Waals surface area contributed by atoms with Crippen molar-refractivity contribution < 1.29 is 4.74 Å². The lowest BCUT2D eigenvalue weighted by Crippen LogP contribution is -2.47. The Labute approximate surface area is 168 Å². The van der Waals surface area contributed by atoms with Crippen LogP contribution >= 0.6 is 24.0 Å². The molecule has 0 spiro atoms. The summed E-state index contributed by atoms with van der Waals surface area (Å²) in [6.07, 6.45) is 2.59. The molecule has 2 atom stereocenters. The third kappa shape index (κ3) is 6.09. The van der Waals surface area contributed by atoms with E-state index in [0.29, 0.717) is 12.5 Å². The fraction of sp³-hybridized carbons (Fsp3) is 0.824. The van der Waals surface area contributed by atoms with Crippen LogP contribution in [0.25, 0.3) is 0 Å². The summed E-state index contributed by atoms with van der Waals surface area (Å²) >= 11 is 0. The maximum atomic E-state index is 6.05. The number of aromatic nitrogens is 3. The van der Waals surface area contributed by atoms with Crippen LogP contribution in [0, 0.1) is 18.3 Å². The van der Waals surface area contributed by atoms with Gasteiger partial charge in [0.25, 0.3) is 0 Å². The van der Waals surface area contributed by atoms with Crippen molar-refractivity contribution in [3.8, 4) is 0 Å². The molecule has 7 nitrogen and oxygen atoms in total. The average molecular weight is 464 g/mol. The van der Waals surface area contributed by atoms with Gasteiger partial charge < -0.3 is 19.9 Å². The minimum atomic E-state index is 0. The molecule has 1 fully saturated rings. The highest BCUT2D eigenvalue weighted by Gasteiger charge is 2.35. The van der Waals surface area contributed by atoms with E-state index in [4.69, 9.17) is 4.74 Å². The molecule has 2 N–H and O–H groups in total. The lowest BCUT2D eigenvalue weighted by Gasteiger charge is -2.40. The van der Waals surface area contributed by atoms with Gasteiger partial charge in [0.2, 0.25) is 0 Å². The Morgan fingerprint density at radius 2 is 2.04 bits per heavy atom. The molecule has 0 radical (unpaired) electrons. The Morgan fingerprint density at radius 3 is 2.60 bits per heavy atom. The zero-order chi connectivity index (χ0) is 17.7. The van der Waals surface area contributed by atoms with Gasteiger partial charge in [0.15, 0.2) is 11.8 Å². The molecule has 1 aromatic rings. The number of rotatable bonds is 4. The molecule has 144 valence electrons. The lowest BCUT2D eigenvalue weighted by atomic mass is 9.78. The summed E-state index contributed by atoms with van der Waals surface area (Å²) in [5.74, 6) is 3.08. The van der Waals surface area contributed by atoms with Crippen molar-refractivity contribution in [2.24, 2.45) is 23.4 Å². The quantitative estimate of drug-likeness (QED) is 0.406. The molecule has 1 aromatic heterocycles. The van der Waals surface area contributed by atoms with E-state index in [1.54, 1.807) is 7.05 Å². The molecule has 2 heterocycles. The Balaban J connectivity index is 0.00000312. The summed E-state index contributed by atoms with van der Waals surface area (Å²) in [7, 11) is 3.76. The highest BCUT2D eigenvalue weighted by molar-refractivity contribution is 14.0. The largest absolute Gasteiger partial charge is 0.377 e. The second kappa shape index (κ2) is 9.70. The summed E-state index contributed by atoms with van der Waals surface area (Å²) in [6.45, 7) is 11.0. The molecule has 2 rings (SSSR count). The van der Waals surface area contributed by atoms with Gasteiger partial charge in [-0.25, -0.2) is 0 Å². The van der Waals surface area contributed by atoms with Gasteiger partial charge in [-0.2, -0.15) is 0 Å². The van der Waals surface area contributed by atoms with Crippen LogP contribution in [0.2, 0.25) is 0 Å². The maximum absolute atomic E-state index is 6.05. The first kappa shape index (κ1) is 22.1. The van der Waals surface area contributed by atoms with E-state index >= 15 is 0 Å². The van der Waals surface area contributed by atoms with E-state index in [-0.39, 0.29) is 35.5 Å². The summed E-state index contributed by atoms with van der Waals surface area (Å²) in [5, 5.41) is 15.0. The number of guanidine groups is 1. The predicted octanol–water partition coefficient (Wildman–Crippen LogP) is 2.25. The van der Waals surface area contributed by atoms with Crippen LogP contribution < -0.4 is 10.6 Å². The number of halogens is 1. The topological polar surface area (TPSA) is 76.4 Å². The average Bonchev–Trinajstić information content (AvgIpc) is 2.86. The van der Waals surface area contributed by atoms with Crippen LogP contribution in [0.1, 0.15) is 45.3 Å². The van der Waals surface area contributed by atoms with Crippen molar-refractivity contribution >= 4 is 29.9 Å². The third-order valence-electron chi connectivity index (χ3n) is 4.65. The molecular formula is C17H33IN6O. The number of hydrogen-bond donors (Lipinski definition) is 2. The molecule has 0 bridgehead atoms. The number of hydrogen-bond acceptors (Lipinski definition) is 4. The van der Waals surface area contributed by atoms with Crippen LogP contribution in [0.4, 0.5) is 0 Å². The standard InChI is InChI=1S/C17H32N6O.HI/c1-12-21-22-14(23(12)6)11-20-16(18-5)19-10-13-8-7-9-24-15(13)17(2,3)4;/h13,15H,7-11H2,1-6H3,(H2,18,19,20);1H. The predicted molar refractivity (Wildman–Crippen MR) is 111 cm³/mol. The van der Waals surface area contributed by atoms with Gasteiger partial charge in [-0.3, -0.25) is 4.99 Å². The van der Waals surface area contributed by atoms with E-state index in [1.165, 1.54) is 6.42 Å². The fourth-order valence-electron chi connectivity index (χ4n) is 3.23. The number of aliphatic imine (C=N–C) groups is 1. The van der Waals surface area contributed by atoms with Gasteiger partial charge in [0, 0.05) is 33.2 Å². The maximum Gasteiger partial charge on any atom is 0.191 e. The van der Waals surface area contributed by atoms with Crippen molar-refractivity contribution in [1.82, 2.24) is 25.4 Å². The van der Waals surface area contributed by atoms with Crippen LogP contribution in [0.3, 0.4) is 0 Å². The first-order chi connectivity index (χ1) is 11.3. The minimum absolute atomic E-state index is 0. The summed E-state index contributed by atoms with van der Waals surface area (Å²) in [6, 6.07) is 0. The molecule has 8 heteroatoms. The second-order valence-electron chi connectivity index (χ2n) is 7.59. The fourth-order valence-corrected chi connectivity index (χ4v) is 3.23. The molecule has 1 saturated heterocycles. The minimum Gasteiger partial charge on any atom is -0.377 e.